The van der Waals surface area contributed by atoms with Crippen molar-refractivity contribution in [2.45, 2.75) is 24.9 Å². The van der Waals surface area contributed by atoms with Gasteiger partial charge in [0.1, 0.15) is 5.54 Å². The van der Waals surface area contributed by atoms with E-state index < -0.39 is 37.3 Å². The van der Waals surface area contributed by atoms with Gasteiger partial charge in [-0.05, 0) is 6.42 Å². The second-order valence-corrected chi connectivity index (χ2v) is 3.26. The van der Waals surface area contributed by atoms with Gasteiger partial charge >= 0.3 is 0 Å². The van der Waals surface area contributed by atoms with Gasteiger partial charge in [-0.15, -0.1) is 0 Å². The van der Waals surface area contributed by atoms with Crippen LogP contribution >= 0.6 is 0 Å². The number of hydrogen-bond donors (Lipinski definition) is 5. The molecule has 1 amide bonds. The summed E-state index contributed by atoms with van der Waals surface area (Å²) < 4.78 is 0. The molecular formula is C8H18N2O4. The van der Waals surface area contributed by atoms with Gasteiger partial charge in [-0.3, -0.25) is 4.79 Å². The minimum atomic E-state index is -1.39. The molecule has 0 rings (SSSR count). The molecule has 1 unspecified atom stereocenters. The van der Waals surface area contributed by atoms with E-state index in [4.69, 9.17) is 21.1 Å². The normalized spacial score (nSPS) is 13.8. The molecule has 0 aromatic rings. The Morgan fingerprint density at radius 2 is 1.79 bits per heavy atom. The molecule has 1 atom stereocenters. The third kappa shape index (κ3) is 3.22. The van der Waals surface area contributed by atoms with E-state index in [0.29, 0.717) is 6.42 Å². The number of amides is 1. The Labute approximate surface area is 82.7 Å². The number of carbonyl (C=O) groups is 1. The van der Waals surface area contributed by atoms with Crippen LogP contribution in [0, 0.1) is 0 Å². The zero-order chi connectivity index (χ0) is 11.2. The number of carbonyl (C=O) groups excluding carboxylic acids is 1. The zero-order valence-corrected chi connectivity index (χ0v) is 8.23. The van der Waals surface area contributed by atoms with Crippen LogP contribution in [0.25, 0.3) is 0 Å². The van der Waals surface area contributed by atoms with Crippen molar-refractivity contribution in [1.82, 2.24) is 5.32 Å². The maximum absolute atomic E-state index is 11.3. The smallest absolute Gasteiger partial charge is 0.237 e. The Morgan fingerprint density at radius 1 is 1.36 bits per heavy atom. The van der Waals surface area contributed by atoms with E-state index in [1.54, 1.807) is 6.92 Å². The second-order valence-electron chi connectivity index (χ2n) is 3.26. The number of aliphatic hydroxyl groups is 3. The molecule has 84 valence electrons. The number of nitrogens with two attached hydrogens (primary N) is 1. The van der Waals surface area contributed by atoms with Crippen LogP contribution in [0.1, 0.15) is 13.3 Å². The Hall–Kier alpha value is -0.690. The molecule has 6 heteroatoms. The van der Waals surface area contributed by atoms with Crippen LogP contribution in [0.15, 0.2) is 0 Å². The molecule has 0 heterocycles. The van der Waals surface area contributed by atoms with Gasteiger partial charge in [-0.2, -0.15) is 0 Å². The van der Waals surface area contributed by atoms with Crippen LogP contribution in [0.4, 0.5) is 0 Å². The molecular weight excluding hydrogens is 188 g/mol. The summed E-state index contributed by atoms with van der Waals surface area (Å²) in [6, 6.07) is -0.695. The van der Waals surface area contributed by atoms with Crippen molar-refractivity contribution in [2.24, 2.45) is 5.73 Å². The summed E-state index contributed by atoms with van der Waals surface area (Å²) in [4.78, 5) is 11.3. The molecule has 0 aromatic heterocycles. The summed E-state index contributed by atoms with van der Waals surface area (Å²) in [5.74, 6) is -0.496. The fourth-order valence-electron chi connectivity index (χ4n) is 0.808. The molecule has 0 saturated heterocycles. The SMILES string of the molecule is CCC(N)C(=O)NC(CO)(CO)CO. The Kier molecular flexibility index (Phi) is 5.63. The van der Waals surface area contributed by atoms with Crippen LogP contribution in [-0.2, 0) is 4.79 Å². The van der Waals surface area contributed by atoms with Gasteiger partial charge in [0.2, 0.25) is 5.91 Å². The molecule has 0 radical (unpaired) electrons. The first-order valence-corrected chi connectivity index (χ1v) is 4.45. The topological polar surface area (TPSA) is 116 Å². The highest BCUT2D eigenvalue weighted by Crippen LogP contribution is 2.02. The molecule has 0 aliphatic carbocycles. The third-order valence-electron chi connectivity index (χ3n) is 2.07. The highest BCUT2D eigenvalue weighted by Gasteiger charge is 2.31. The summed E-state index contributed by atoms with van der Waals surface area (Å²) in [6.07, 6.45) is 0.449. The lowest BCUT2D eigenvalue weighted by molar-refractivity contribution is -0.126. The van der Waals surface area contributed by atoms with Crippen LogP contribution in [0.3, 0.4) is 0 Å². The maximum atomic E-state index is 11.3. The van der Waals surface area contributed by atoms with Crippen LogP contribution in [0.2, 0.25) is 0 Å². The Balaban J connectivity index is 4.37. The molecule has 0 fully saturated rings. The molecule has 0 aliphatic heterocycles. The van der Waals surface area contributed by atoms with E-state index >= 15 is 0 Å². The first-order chi connectivity index (χ1) is 6.55. The van der Waals surface area contributed by atoms with E-state index in [2.05, 4.69) is 5.32 Å². The lowest BCUT2D eigenvalue weighted by Gasteiger charge is -2.29. The second kappa shape index (κ2) is 5.92. The molecule has 0 aromatic carbocycles. The van der Waals surface area contributed by atoms with Gasteiger partial charge in [-0.25, -0.2) is 0 Å². The van der Waals surface area contributed by atoms with Crippen molar-refractivity contribution in [2.75, 3.05) is 19.8 Å². The van der Waals surface area contributed by atoms with Gasteiger partial charge in [-0.1, -0.05) is 6.92 Å². The van der Waals surface area contributed by atoms with E-state index in [0.717, 1.165) is 0 Å². The molecule has 6 N–H and O–H groups in total. The Bertz CT molecular complexity index is 174. The van der Waals surface area contributed by atoms with E-state index in [-0.39, 0.29) is 0 Å². The summed E-state index contributed by atoms with van der Waals surface area (Å²) in [7, 11) is 0. The van der Waals surface area contributed by atoms with E-state index in [1.165, 1.54) is 0 Å². The highest BCUT2D eigenvalue weighted by molar-refractivity contribution is 5.82. The minimum absolute atomic E-state index is 0.449. The summed E-state index contributed by atoms with van der Waals surface area (Å²) >= 11 is 0. The first kappa shape index (κ1) is 13.3. The highest BCUT2D eigenvalue weighted by atomic mass is 16.3. The average Bonchev–Trinajstić information content (AvgIpc) is 2.24. The zero-order valence-electron chi connectivity index (χ0n) is 8.23. The van der Waals surface area contributed by atoms with Crippen LogP contribution in [0.5, 0.6) is 0 Å². The summed E-state index contributed by atoms with van der Waals surface area (Å²) in [5.41, 5.74) is 4.05. The van der Waals surface area contributed by atoms with Gasteiger partial charge in [0, 0.05) is 0 Å². The minimum Gasteiger partial charge on any atom is -0.394 e. The largest absolute Gasteiger partial charge is 0.394 e. The standard InChI is InChI=1S/C8H18N2O4/c1-2-6(9)7(14)10-8(3-11,4-12)5-13/h6,11-13H,2-5,9H2,1H3,(H,10,14). The molecule has 14 heavy (non-hydrogen) atoms. The number of aliphatic hydroxyl groups excluding tert-OH is 3. The molecule has 0 aliphatic rings. The van der Waals surface area contributed by atoms with Gasteiger partial charge in [0.05, 0.1) is 25.9 Å². The fraction of sp³-hybridized carbons (Fsp3) is 0.875. The third-order valence-corrected chi connectivity index (χ3v) is 2.07. The molecule has 6 nitrogen and oxygen atoms in total. The average molecular weight is 206 g/mol. The lowest BCUT2D eigenvalue weighted by Crippen LogP contribution is -2.60. The van der Waals surface area contributed by atoms with E-state index in [9.17, 15) is 4.79 Å². The fourth-order valence-corrected chi connectivity index (χ4v) is 0.808. The molecule has 0 bridgehead atoms. The molecule has 0 saturated carbocycles. The lowest BCUT2D eigenvalue weighted by atomic mass is 10.0. The number of hydrogen-bond acceptors (Lipinski definition) is 5. The van der Waals surface area contributed by atoms with Crippen LogP contribution < -0.4 is 11.1 Å². The Morgan fingerprint density at radius 3 is 2.07 bits per heavy atom. The quantitative estimate of drug-likeness (QED) is 0.331. The first-order valence-electron chi connectivity index (χ1n) is 4.45. The monoisotopic (exact) mass is 206 g/mol. The molecule has 0 spiro atoms. The van der Waals surface area contributed by atoms with Crippen molar-refractivity contribution in [1.29, 1.82) is 0 Å². The van der Waals surface area contributed by atoms with Crippen molar-refractivity contribution in [3.05, 3.63) is 0 Å². The van der Waals surface area contributed by atoms with E-state index in [1.807, 2.05) is 0 Å². The number of nitrogens with one attached hydrogen (secondary N) is 1. The summed E-state index contributed by atoms with van der Waals surface area (Å²) in [5, 5.41) is 29.0. The van der Waals surface area contributed by atoms with Crippen LogP contribution in [-0.4, -0.2) is 52.6 Å². The van der Waals surface area contributed by atoms with Gasteiger partial charge in [0.25, 0.3) is 0 Å². The number of rotatable bonds is 6. The van der Waals surface area contributed by atoms with Crippen molar-refractivity contribution in [3.63, 3.8) is 0 Å². The van der Waals surface area contributed by atoms with Gasteiger partial charge in [0.15, 0.2) is 0 Å². The van der Waals surface area contributed by atoms with Crippen molar-refractivity contribution in [3.8, 4) is 0 Å². The predicted octanol–water partition coefficient (Wildman–Crippen LogP) is -2.44. The van der Waals surface area contributed by atoms with Crippen molar-refractivity contribution >= 4 is 5.91 Å². The van der Waals surface area contributed by atoms with Crippen molar-refractivity contribution < 1.29 is 20.1 Å². The predicted molar refractivity (Wildman–Crippen MR) is 50.4 cm³/mol. The maximum Gasteiger partial charge on any atom is 0.237 e. The van der Waals surface area contributed by atoms with Gasteiger partial charge < -0.3 is 26.4 Å². The summed E-state index contributed by atoms with van der Waals surface area (Å²) in [6.45, 7) is 0.120.